The van der Waals surface area contributed by atoms with Crippen molar-refractivity contribution in [2.75, 3.05) is 11.9 Å². The van der Waals surface area contributed by atoms with Crippen LogP contribution in [0, 0.1) is 0 Å². The minimum absolute atomic E-state index is 0.278. The summed E-state index contributed by atoms with van der Waals surface area (Å²) in [6, 6.07) is 15.2. The molecule has 0 fully saturated rings. The molecule has 3 aromatic rings. The number of carbonyl (C=O) groups is 2. The van der Waals surface area contributed by atoms with Gasteiger partial charge in [-0.05, 0) is 37.6 Å². The van der Waals surface area contributed by atoms with Gasteiger partial charge < -0.3 is 10.2 Å². The lowest BCUT2D eigenvalue weighted by Crippen LogP contribution is -2.48. The van der Waals surface area contributed by atoms with Crippen molar-refractivity contribution in [3.05, 3.63) is 65.0 Å². The minimum atomic E-state index is -0.702. The van der Waals surface area contributed by atoms with E-state index in [0.717, 1.165) is 4.68 Å². The predicted octanol–water partition coefficient (Wildman–Crippen LogP) is 2.06. The molecule has 1 unspecified atom stereocenters. The van der Waals surface area contributed by atoms with Gasteiger partial charge in [-0.15, -0.1) is 5.10 Å². The van der Waals surface area contributed by atoms with Gasteiger partial charge in [0.15, 0.2) is 0 Å². The molecule has 0 radical (unpaired) electrons. The summed E-state index contributed by atoms with van der Waals surface area (Å²) in [5.41, 5.74) is 0.744. The maximum Gasteiger partial charge on any atom is 0.278 e. The van der Waals surface area contributed by atoms with Gasteiger partial charge in [-0.1, -0.05) is 42.5 Å². The van der Waals surface area contributed by atoms with Crippen molar-refractivity contribution in [2.45, 2.75) is 32.9 Å². The first kappa shape index (κ1) is 20.2. The summed E-state index contributed by atoms with van der Waals surface area (Å²) in [5, 5.41) is 11.1. The molecule has 0 aliphatic rings. The first-order chi connectivity index (χ1) is 14.0. The molecule has 1 atom stereocenters. The Labute approximate surface area is 168 Å². The van der Waals surface area contributed by atoms with Gasteiger partial charge >= 0.3 is 0 Å². The molecule has 0 aliphatic heterocycles. The standard InChI is InChI=1S/C21H23N5O3/c1-3-13-25(15(2)20(28)22-16-9-5-4-6-10-16)19(27)14-26-21(29)17-11-7-8-12-18(17)23-24-26/h4-12,15H,3,13-14H2,1-2H3,(H,22,28). The molecule has 0 saturated carbocycles. The van der Waals surface area contributed by atoms with Crippen LogP contribution in [0.3, 0.4) is 0 Å². The number of hydrogen-bond donors (Lipinski definition) is 1. The van der Waals surface area contributed by atoms with E-state index in [1.807, 2.05) is 25.1 Å². The maximum atomic E-state index is 12.9. The fourth-order valence-corrected chi connectivity index (χ4v) is 3.03. The molecule has 1 N–H and O–H groups in total. The van der Waals surface area contributed by atoms with Crippen LogP contribution in [0.25, 0.3) is 10.9 Å². The van der Waals surface area contributed by atoms with Crippen LogP contribution >= 0.6 is 0 Å². The molecular formula is C21H23N5O3. The Balaban J connectivity index is 1.78. The van der Waals surface area contributed by atoms with Crippen molar-refractivity contribution in [3.8, 4) is 0 Å². The fourth-order valence-electron chi connectivity index (χ4n) is 3.03. The van der Waals surface area contributed by atoms with Gasteiger partial charge in [0.05, 0.1) is 5.39 Å². The minimum Gasteiger partial charge on any atom is -0.329 e. The van der Waals surface area contributed by atoms with Crippen molar-refractivity contribution in [1.29, 1.82) is 0 Å². The second kappa shape index (κ2) is 9.09. The van der Waals surface area contributed by atoms with E-state index in [2.05, 4.69) is 15.6 Å². The zero-order chi connectivity index (χ0) is 20.8. The van der Waals surface area contributed by atoms with Gasteiger partial charge in [-0.3, -0.25) is 14.4 Å². The van der Waals surface area contributed by atoms with E-state index in [1.54, 1.807) is 43.3 Å². The number of hydrogen-bond acceptors (Lipinski definition) is 5. The van der Waals surface area contributed by atoms with Crippen LogP contribution in [0.15, 0.2) is 59.4 Å². The number of nitrogens with one attached hydrogen (secondary N) is 1. The molecule has 8 heteroatoms. The first-order valence-electron chi connectivity index (χ1n) is 9.49. The maximum absolute atomic E-state index is 12.9. The number of nitrogens with zero attached hydrogens (tertiary/aromatic N) is 4. The normalized spacial score (nSPS) is 11.8. The number of para-hydroxylation sites is 1. The van der Waals surface area contributed by atoms with E-state index in [-0.39, 0.29) is 23.9 Å². The van der Waals surface area contributed by atoms with Crippen molar-refractivity contribution in [1.82, 2.24) is 19.9 Å². The highest BCUT2D eigenvalue weighted by Crippen LogP contribution is 2.10. The van der Waals surface area contributed by atoms with Crippen LogP contribution in [-0.4, -0.2) is 44.3 Å². The van der Waals surface area contributed by atoms with E-state index in [4.69, 9.17) is 0 Å². The average Bonchev–Trinajstić information content (AvgIpc) is 2.74. The third-order valence-electron chi connectivity index (χ3n) is 4.59. The summed E-state index contributed by atoms with van der Waals surface area (Å²) in [6.07, 6.45) is 0.674. The van der Waals surface area contributed by atoms with E-state index in [9.17, 15) is 14.4 Å². The Bertz CT molecular complexity index is 1060. The summed E-state index contributed by atoms with van der Waals surface area (Å²) >= 11 is 0. The monoisotopic (exact) mass is 393 g/mol. The highest BCUT2D eigenvalue weighted by molar-refractivity contribution is 5.96. The van der Waals surface area contributed by atoms with Crippen molar-refractivity contribution < 1.29 is 9.59 Å². The van der Waals surface area contributed by atoms with Crippen molar-refractivity contribution in [2.24, 2.45) is 0 Å². The van der Waals surface area contributed by atoms with Gasteiger partial charge in [0.1, 0.15) is 18.1 Å². The zero-order valence-corrected chi connectivity index (χ0v) is 16.4. The Morgan fingerprint density at radius 3 is 2.52 bits per heavy atom. The topological polar surface area (TPSA) is 97.2 Å². The van der Waals surface area contributed by atoms with Crippen LogP contribution in [0.5, 0.6) is 0 Å². The number of rotatable bonds is 7. The second-order valence-corrected chi connectivity index (χ2v) is 6.69. The third-order valence-corrected chi connectivity index (χ3v) is 4.59. The highest BCUT2D eigenvalue weighted by atomic mass is 16.2. The molecule has 3 rings (SSSR count). The van der Waals surface area contributed by atoms with E-state index >= 15 is 0 Å². The highest BCUT2D eigenvalue weighted by Gasteiger charge is 2.26. The molecule has 2 aromatic carbocycles. The number of anilines is 1. The first-order valence-corrected chi connectivity index (χ1v) is 9.49. The molecule has 0 spiro atoms. The summed E-state index contributed by atoms with van der Waals surface area (Å²) in [5.74, 6) is -0.663. The molecule has 29 heavy (non-hydrogen) atoms. The molecule has 0 aliphatic carbocycles. The van der Waals surface area contributed by atoms with Gasteiger partial charge in [0.25, 0.3) is 5.56 Å². The van der Waals surface area contributed by atoms with E-state index in [0.29, 0.717) is 29.6 Å². The quantitative estimate of drug-likeness (QED) is 0.663. The van der Waals surface area contributed by atoms with Crippen LogP contribution < -0.4 is 10.9 Å². The van der Waals surface area contributed by atoms with Gasteiger partial charge in [0.2, 0.25) is 11.8 Å². The molecule has 2 amide bonds. The van der Waals surface area contributed by atoms with E-state index < -0.39 is 6.04 Å². The fraction of sp³-hybridized carbons (Fsp3) is 0.286. The third kappa shape index (κ3) is 4.66. The predicted molar refractivity (Wildman–Crippen MR) is 110 cm³/mol. The Morgan fingerprint density at radius 2 is 1.79 bits per heavy atom. The second-order valence-electron chi connectivity index (χ2n) is 6.69. The summed E-state index contributed by atoms with van der Waals surface area (Å²) in [4.78, 5) is 39.6. The SMILES string of the molecule is CCCN(C(=O)Cn1nnc2ccccc2c1=O)C(C)C(=O)Nc1ccccc1. The smallest absolute Gasteiger partial charge is 0.278 e. The number of fused-ring (bicyclic) bond motifs is 1. The molecular weight excluding hydrogens is 370 g/mol. The zero-order valence-electron chi connectivity index (χ0n) is 16.4. The number of benzene rings is 2. The lowest BCUT2D eigenvalue weighted by molar-refractivity contribution is -0.138. The van der Waals surface area contributed by atoms with E-state index in [1.165, 1.54) is 4.90 Å². The molecule has 1 heterocycles. The van der Waals surface area contributed by atoms with Crippen molar-refractivity contribution >= 4 is 28.4 Å². The lowest BCUT2D eigenvalue weighted by atomic mass is 10.2. The largest absolute Gasteiger partial charge is 0.329 e. The van der Waals surface area contributed by atoms with Crippen LogP contribution in [0.1, 0.15) is 20.3 Å². The van der Waals surface area contributed by atoms with Crippen molar-refractivity contribution in [3.63, 3.8) is 0 Å². The van der Waals surface area contributed by atoms with Crippen LogP contribution in [0.4, 0.5) is 5.69 Å². The number of amides is 2. The molecule has 1 aromatic heterocycles. The lowest BCUT2D eigenvalue weighted by Gasteiger charge is -2.28. The Kier molecular flexibility index (Phi) is 6.33. The molecule has 8 nitrogen and oxygen atoms in total. The summed E-state index contributed by atoms with van der Waals surface area (Å²) in [6.45, 7) is 3.70. The number of aromatic nitrogens is 3. The van der Waals surface area contributed by atoms with Gasteiger partial charge in [-0.25, -0.2) is 4.68 Å². The summed E-state index contributed by atoms with van der Waals surface area (Å²) in [7, 11) is 0. The summed E-state index contributed by atoms with van der Waals surface area (Å²) < 4.78 is 1.04. The Hall–Kier alpha value is -3.55. The molecule has 0 bridgehead atoms. The Morgan fingerprint density at radius 1 is 1.10 bits per heavy atom. The van der Waals surface area contributed by atoms with Crippen LogP contribution in [0.2, 0.25) is 0 Å². The molecule has 150 valence electrons. The average molecular weight is 393 g/mol. The number of carbonyl (C=O) groups excluding carboxylic acids is 2. The van der Waals surface area contributed by atoms with Crippen LogP contribution in [-0.2, 0) is 16.1 Å². The molecule has 0 saturated heterocycles. The van der Waals surface area contributed by atoms with Gasteiger partial charge in [0, 0.05) is 12.2 Å². The van der Waals surface area contributed by atoms with Gasteiger partial charge in [-0.2, -0.15) is 0 Å².